The van der Waals surface area contributed by atoms with E-state index >= 15 is 0 Å². The van der Waals surface area contributed by atoms with Gasteiger partial charge in [0.2, 0.25) is 5.91 Å². The SMILES string of the molecule is COc1cccc(OCc2c(C(=O)N(CC(C)C)[C@H]3C[C@@H](C(=O)N4CCOCC4)CN(C(=O)OC(C)(C)C)C3)nnn2-c2ccccc2)c1. The predicted molar refractivity (Wildman–Crippen MR) is 182 cm³/mol. The van der Waals surface area contributed by atoms with Gasteiger partial charge < -0.3 is 33.6 Å². The standard InChI is InChI=1S/C36H48N6O7/c1-25(2)21-41(28-19-26(33(43)39-15-17-47-18-16-39)22-40(23-28)35(45)49-36(3,4)5)34(44)32-31(24-48-30-14-10-13-29(20-30)46-6)42(38-37-32)27-11-8-7-9-12-27/h7-14,20,25-26,28H,15-19,21-24H2,1-6H3/t26-,28+/m1/s1. The Kier molecular flexibility index (Phi) is 11.4. The normalized spacial score (nSPS) is 18.3. The number of carbonyl (C=O) groups is 3. The Morgan fingerprint density at radius 3 is 2.37 bits per heavy atom. The van der Waals surface area contributed by atoms with Crippen molar-refractivity contribution in [1.29, 1.82) is 0 Å². The summed E-state index contributed by atoms with van der Waals surface area (Å²) in [6.45, 7) is 12.2. The highest BCUT2D eigenvalue weighted by atomic mass is 16.6. The lowest BCUT2D eigenvalue weighted by atomic mass is 9.91. The first kappa shape index (κ1) is 35.7. The number of nitrogens with zero attached hydrogens (tertiary/aromatic N) is 6. The molecule has 0 spiro atoms. The zero-order valence-corrected chi connectivity index (χ0v) is 29.3. The van der Waals surface area contributed by atoms with E-state index in [0.717, 1.165) is 5.69 Å². The lowest BCUT2D eigenvalue weighted by Crippen LogP contribution is -2.58. The van der Waals surface area contributed by atoms with Crippen LogP contribution in [0.25, 0.3) is 5.69 Å². The fourth-order valence-electron chi connectivity index (χ4n) is 6.14. The first-order chi connectivity index (χ1) is 23.4. The zero-order valence-electron chi connectivity index (χ0n) is 29.3. The number of aromatic nitrogens is 3. The summed E-state index contributed by atoms with van der Waals surface area (Å²) in [5, 5.41) is 8.82. The number of benzene rings is 2. The molecule has 49 heavy (non-hydrogen) atoms. The van der Waals surface area contributed by atoms with E-state index in [0.29, 0.717) is 56.5 Å². The van der Waals surface area contributed by atoms with E-state index in [4.69, 9.17) is 18.9 Å². The van der Waals surface area contributed by atoms with E-state index in [1.165, 1.54) is 0 Å². The number of morpholine rings is 1. The number of para-hydroxylation sites is 1. The van der Waals surface area contributed by atoms with E-state index < -0.39 is 23.7 Å². The lowest BCUT2D eigenvalue weighted by Gasteiger charge is -2.44. The van der Waals surface area contributed by atoms with Crippen LogP contribution in [0.15, 0.2) is 54.6 Å². The van der Waals surface area contributed by atoms with E-state index in [1.807, 2.05) is 83.1 Å². The molecule has 5 rings (SSSR count). The van der Waals surface area contributed by atoms with Crippen molar-refractivity contribution in [3.05, 3.63) is 66.0 Å². The molecule has 2 aliphatic rings. The Balaban J connectivity index is 1.49. The van der Waals surface area contributed by atoms with Crippen LogP contribution in [-0.2, 0) is 20.9 Å². The van der Waals surface area contributed by atoms with E-state index in [9.17, 15) is 14.4 Å². The number of piperidine rings is 1. The Labute approximate surface area is 288 Å². The predicted octanol–water partition coefficient (Wildman–Crippen LogP) is 4.44. The molecule has 3 amide bonds. The van der Waals surface area contributed by atoms with Gasteiger partial charge >= 0.3 is 6.09 Å². The summed E-state index contributed by atoms with van der Waals surface area (Å²) in [5.41, 5.74) is 0.597. The maximum atomic E-state index is 14.7. The monoisotopic (exact) mass is 676 g/mol. The number of amides is 3. The molecule has 0 bridgehead atoms. The highest BCUT2D eigenvalue weighted by Crippen LogP contribution is 2.28. The van der Waals surface area contributed by atoms with Gasteiger partial charge in [-0.05, 0) is 57.4 Å². The Hall–Kier alpha value is -4.65. The molecular formula is C36H48N6O7. The fourth-order valence-corrected chi connectivity index (χ4v) is 6.14. The average Bonchev–Trinajstić information content (AvgIpc) is 3.53. The van der Waals surface area contributed by atoms with Crippen LogP contribution in [0.3, 0.4) is 0 Å². The molecule has 3 aromatic rings. The van der Waals surface area contributed by atoms with Crippen LogP contribution in [0.2, 0.25) is 0 Å². The third kappa shape index (κ3) is 9.08. The van der Waals surface area contributed by atoms with Crippen LogP contribution in [0.1, 0.15) is 57.2 Å². The number of hydrogen-bond acceptors (Lipinski definition) is 9. The molecule has 2 aromatic carbocycles. The molecule has 0 N–H and O–H groups in total. The van der Waals surface area contributed by atoms with Crippen molar-refractivity contribution in [3.63, 3.8) is 0 Å². The Morgan fingerprint density at radius 2 is 1.69 bits per heavy atom. The fraction of sp³-hybridized carbons (Fsp3) is 0.528. The zero-order chi connectivity index (χ0) is 35.1. The second-order valence-electron chi connectivity index (χ2n) is 13.9. The van der Waals surface area contributed by atoms with Crippen molar-refractivity contribution in [2.75, 3.05) is 53.0 Å². The molecule has 2 fully saturated rings. The van der Waals surface area contributed by atoms with Crippen molar-refractivity contribution in [2.24, 2.45) is 11.8 Å². The smallest absolute Gasteiger partial charge is 0.410 e. The Morgan fingerprint density at radius 1 is 0.980 bits per heavy atom. The van der Waals surface area contributed by atoms with Crippen molar-refractivity contribution >= 4 is 17.9 Å². The van der Waals surface area contributed by atoms with E-state index in [2.05, 4.69) is 10.3 Å². The third-order valence-corrected chi connectivity index (χ3v) is 8.40. The minimum absolute atomic E-state index is 0.00149. The summed E-state index contributed by atoms with van der Waals surface area (Å²) in [6.07, 6.45) is -0.132. The molecule has 264 valence electrons. The van der Waals surface area contributed by atoms with Crippen molar-refractivity contribution in [2.45, 2.75) is 59.3 Å². The number of rotatable bonds is 10. The van der Waals surface area contributed by atoms with Gasteiger partial charge in [0.1, 0.15) is 29.4 Å². The third-order valence-electron chi connectivity index (χ3n) is 8.40. The van der Waals surface area contributed by atoms with E-state index in [-0.39, 0.29) is 43.1 Å². The van der Waals surface area contributed by atoms with Gasteiger partial charge in [-0.25, -0.2) is 9.48 Å². The van der Waals surface area contributed by atoms with Crippen molar-refractivity contribution < 1.29 is 33.3 Å². The first-order valence-electron chi connectivity index (χ1n) is 16.9. The molecule has 2 aliphatic heterocycles. The number of carbonyl (C=O) groups excluding carboxylic acids is 3. The van der Waals surface area contributed by atoms with E-state index in [1.54, 1.807) is 32.6 Å². The van der Waals surface area contributed by atoms with Crippen LogP contribution in [0.4, 0.5) is 4.79 Å². The van der Waals surface area contributed by atoms with Gasteiger partial charge in [0.15, 0.2) is 5.69 Å². The molecule has 13 nitrogen and oxygen atoms in total. The molecular weight excluding hydrogens is 628 g/mol. The topological polar surface area (TPSA) is 129 Å². The summed E-state index contributed by atoms with van der Waals surface area (Å²) in [4.78, 5) is 47.2. The second kappa shape index (κ2) is 15.7. The molecule has 0 saturated carbocycles. The molecule has 0 unspecified atom stereocenters. The van der Waals surface area contributed by atoms with Crippen molar-refractivity contribution in [1.82, 2.24) is 29.7 Å². The molecule has 0 radical (unpaired) electrons. The minimum atomic E-state index is -0.727. The summed E-state index contributed by atoms with van der Waals surface area (Å²) in [5.74, 6) is 0.342. The van der Waals surface area contributed by atoms with Gasteiger partial charge in [0.05, 0.1) is 38.0 Å². The summed E-state index contributed by atoms with van der Waals surface area (Å²) in [6, 6.07) is 16.2. The molecule has 1 aromatic heterocycles. The largest absolute Gasteiger partial charge is 0.497 e. The van der Waals surface area contributed by atoms with Crippen LogP contribution < -0.4 is 9.47 Å². The summed E-state index contributed by atoms with van der Waals surface area (Å²) in [7, 11) is 1.59. The van der Waals surface area contributed by atoms with Crippen LogP contribution in [0.5, 0.6) is 11.5 Å². The van der Waals surface area contributed by atoms with Crippen LogP contribution >= 0.6 is 0 Å². The maximum Gasteiger partial charge on any atom is 0.410 e. The van der Waals surface area contributed by atoms with Gasteiger partial charge in [0.25, 0.3) is 5.91 Å². The van der Waals surface area contributed by atoms with Gasteiger partial charge in [-0.2, -0.15) is 0 Å². The van der Waals surface area contributed by atoms with Crippen LogP contribution in [-0.4, -0.2) is 112 Å². The van der Waals surface area contributed by atoms with Gasteiger partial charge in [0, 0.05) is 38.8 Å². The van der Waals surface area contributed by atoms with Gasteiger partial charge in [-0.3, -0.25) is 9.59 Å². The quantitative estimate of drug-likeness (QED) is 0.306. The van der Waals surface area contributed by atoms with Gasteiger partial charge in [-0.1, -0.05) is 43.3 Å². The number of likely N-dealkylation sites (tertiary alicyclic amines) is 1. The number of ether oxygens (including phenoxy) is 4. The molecule has 0 aliphatic carbocycles. The van der Waals surface area contributed by atoms with Crippen molar-refractivity contribution in [3.8, 4) is 17.2 Å². The maximum absolute atomic E-state index is 14.7. The highest BCUT2D eigenvalue weighted by molar-refractivity contribution is 5.94. The lowest BCUT2D eigenvalue weighted by molar-refractivity contribution is -0.142. The second-order valence-corrected chi connectivity index (χ2v) is 13.9. The average molecular weight is 677 g/mol. The molecule has 13 heteroatoms. The minimum Gasteiger partial charge on any atom is -0.497 e. The van der Waals surface area contributed by atoms with Gasteiger partial charge in [-0.15, -0.1) is 5.10 Å². The number of methoxy groups -OCH3 is 1. The highest BCUT2D eigenvalue weighted by Gasteiger charge is 2.42. The molecule has 2 atom stereocenters. The molecule has 3 heterocycles. The molecule has 2 saturated heterocycles. The van der Waals surface area contributed by atoms with Crippen LogP contribution in [0, 0.1) is 11.8 Å². The number of hydrogen-bond donors (Lipinski definition) is 0. The summed E-state index contributed by atoms with van der Waals surface area (Å²) < 4.78 is 24.4. The Bertz CT molecular complexity index is 1580. The first-order valence-corrected chi connectivity index (χ1v) is 16.9. The summed E-state index contributed by atoms with van der Waals surface area (Å²) >= 11 is 0.